The summed E-state index contributed by atoms with van der Waals surface area (Å²) >= 11 is 0. The molecule has 0 aliphatic carbocycles. The molecule has 3 rings (SSSR count). The molecule has 9 nitrogen and oxygen atoms in total. The van der Waals surface area contributed by atoms with Gasteiger partial charge in [-0.2, -0.15) is 0 Å². The monoisotopic (exact) mass is 458 g/mol. The Hall–Kier alpha value is -3.72. The minimum absolute atomic E-state index is 0.000972. The van der Waals surface area contributed by atoms with Crippen LogP contribution < -0.4 is 9.47 Å². The fourth-order valence-corrected chi connectivity index (χ4v) is 3.65. The molecular formula is C24H26O9. The van der Waals surface area contributed by atoms with Gasteiger partial charge in [0, 0.05) is 24.5 Å². The maximum absolute atomic E-state index is 12.9. The summed E-state index contributed by atoms with van der Waals surface area (Å²) in [5.41, 5.74) is 0.782. The highest BCUT2D eigenvalue weighted by Gasteiger charge is 2.33. The molecule has 0 radical (unpaired) electrons. The Bertz CT molecular complexity index is 1090. The number of ketones is 1. The van der Waals surface area contributed by atoms with Gasteiger partial charge in [-0.05, 0) is 29.7 Å². The molecule has 0 bridgehead atoms. The van der Waals surface area contributed by atoms with Crippen LogP contribution in [0.3, 0.4) is 0 Å². The Morgan fingerprint density at radius 3 is 2.58 bits per heavy atom. The Kier molecular flexibility index (Phi) is 7.13. The number of aliphatic hydroxyl groups excluding tert-OH is 1. The van der Waals surface area contributed by atoms with Crippen LogP contribution in [-0.4, -0.2) is 52.5 Å². The van der Waals surface area contributed by atoms with Crippen molar-refractivity contribution in [3.63, 3.8) is 0 Å². The average molecular weight is 458 g/mol. The molecule has 0 spiro atoms. The molecule has 1 aliphatic heterocycles. The number of phenols is 3. The molecule has 4 N–H and O–H groups in total. The van der Waals surface area contributed by atoms with Crippen LogP contribution in [0.4, 0.5) is 0 Å². The topological polar surface area (TPSA) is 143 Å². The summed E-state index contributed by atoms with van der Waals surface area (Å²) in [6.45, 7) is 3.74. The Labute approximate surface area is 190 Å². The third-order valence-electron chi connectivity index (χ3n) is 5.59. The molecule has 2 atom stereocenters. The number of rotatable bonds is 8. The lowest BCUT2D eigenvalue weighted by molar-refractivity contribution is -0.140. The summed E-state index contributed by atoms with van der Waals surface area (Å²) in [5, 5.41) is 41.4. The van der Waals surface area contributed by atoms with Gasteiger partial charge < -0.3 is 34.6 Å². The van der Waals surface area contributed by atoms with E-state index in [-0.39, 0.29) is 59.8 Å². The lowest BCUT2D eigenvalue weighted by Gasteiger charge is -2.27. The maximum Gasteiger partial charge on any atom is 0.305 e. The van der Waals surface area contributed by atoms with E-state index in [4.69, 9.17) is 9.47 Å². The minimum Gasteiger partial charge on any atom is -0.507 e. The molecule has 1 heterocycles. The lowest BCUT2D eigenvalue weighted by atomic mass is 9.91. The second kappa shape index (κ2) is 9.83. The van der Waals surface area contributed by atoms with Gasteiger partial charge in [0.25, 0.3) is 0 Å². The van der Waals surface area contributed by atoms with Gasteiger partial charge in [-0.1, -0.05) is 12.6 Å². The van der Waals surface area contributed by atoms with E-state index in [9.17, 15) is 30.0 Å². The van der Waals surface area contributed by atoms with Gasteiger partial charge in [0.2, 0.25) is 0 Å². The van der Waals surface area contributed by atoms with Crippen molar-refractivity contribution in [2.75, 3.05) is 14.2 Å². The van der Waals surface area contributed by atoms with Crippen molar-refractivity contribution in [2.24, 2.45) is 0 Å². The fraction of sp³-hybridized carbons (Fsp3) is 0.333. The van der Waals surface area contributed by atoms with Crippen molar-refractivity contribution in [1.82, 2.24) is 0 Å². The van der Waals surface area contributed by atoms with Gasteiger partial charge in [0.15, 0.2) is 17.3 Å². The highest BCUT2D eigenvalue weighted by atomic mass is 16.5. The summed E-state index contributed by atoms with van der Waals surface area (Å²) < 4.78 is 15.5. The molecule has 0 amide bonds. The number of aliphatic hydroxyl groups is 1. The first-order chi connectivity index (χ1) is 15.7. The number of phenolic OH excluding ortho intramolecular Hbond substituents is 3. The van der Waals surface area contributed by atoms with Crippen LogP contribution in [0.15, 0.2) is 36.4 Å². The first-order valence-electron chi connectivity index (χ1n) is 10.2. The second-order valence-electron chi connectivity index (χ2n) is 7.72. The average Bonchev–Trinajstić information content (AvgIpc) is 2.79. The Balaban J connectivity index is 1.83. The predicted octanol–water partition coefficient (Wildman–Crippen LogP) is 2.93. The molecule has 33 heavy (non-hydrogen) atoms. The minimum atomic E-state index is -1.17. The molecule has 1 aliphatic rings. The third kappa shape index (κ3) is 5.04. The van der Waals surface area contributed by atoms with E-state index in [1.807, 2.05) is 0 Å². The van der Waals surface area contributed by atoms with E-state index >= 15 is 0 Å². The number of aromatic hydroxyl groups is 3. The van der Waals surface area contributed by atoms with Crippen LogP contribution in [0.25, 0.3) is 0 Å². The van der Waals surface area contributed by atoms with Gasteiger partial charge >= 0.3 is 5.97 Å². The molecular weight excluding hydrogens is 432 g/mol. The van der Waals surface area contributed by atoms with Crippen molar-refractivity contribution in [2.45, 2.75) is 37.9 Å². The highest BCUT2D eigenvalue weighted by Crippen LogP contribution is 2.45. The lowest BCUT2D eigenvalue weighted by Crippen LogP contribution is -2.21. The molecule has 0 aromatic heterocycles. The zero-order chi connectivity index (χ0) is 24.3. The van der Waals surface area contributed by atoms with E-state index in [0.29, 0.717) is 11.1 Å². The SMILES string of the molecule is C=C(CCC(=O)OC)C(O)Cc1c(O)cc2c(c1O)C(=O)CC(c1ccc(O)c(OC)c1)O2. The number of methoxy groups -OCH3 is 2. The first kappa shape index (κ1) is 23.9. The molecule has 2 unspecified atom stereocenters. The van der Waals surface area contributed by atoms with E-state index in [1.165, 1.54) is 26.4 Å². The number of Topliss-reactive ketones (excluding diaryl/α,β-unsaturated/α-hetero) is 1. The number of ether oxygens (including phenoxy) is 3. The largest absolute Gasteiger partial charge is 0.507 e. The summed E-state index contributed by atoms with van der Waals surface area (Å²) in [6.07, 6.45) is -1.98. The standard InChI is InChI=1S/C24H26O9/c1-12(4-7-22(29)32-3)16(26)9-14-17(27)10-21-23(24(14)30)18(28)11-19(33-21)13-5-6-15(25)20(8-13)31-2/h5-6,8,10,16,19,25-27,30H,1,4,7,9,11H2,2-3H3. The van der Waals surface area contributed by atoms with Crippen LogP contribution >= 0.6 is 0 Å². The Morgan fingerprint density at radius 2 is 1.91 bits per heavy atom. The summed E-state index contributed by atoms with van der Waals surface area (Å²) in [7, 11) is 2.66. The number of carbonyl (C=O) groups is 2. The molecule has 176 valence electrons. The first-order valence-corrected chi connectivity index (χ1v) is 10.2. The molecule has 2 aromatic carbocycles. The maximum atomic E-state index is 12.9. The number of fused-ring (bicyclic) bond motifs is 1. The summed E-state index contributed by atoms with van der Waals surface area (Å²) in [5.74, 6) is -1.54. The molecule has 0 saturated carbocycles. The predicted molar refractivity (Wildman–Crippen MR) is 117 cm³/mol. The van der Waals surface area contributed by atoms with Crippen LogP contribution in [0.2, 0.25) is 0 Å². The fourth-order valence-electron chi connectivity index (χ4n) is 3.65. The van der Waals surface area contributed by atoms with E-state index in [0.717, 1.165) is 0 Å². The van der Waals surface area contributed by atoms with Gasteiger partial charge in [0.05, 0.1) is 26.7 Å². The van der Waals surface area contributed by atoms with Crippen molar-refractivity contribution < 1.29 is 44.2 Å². The molecule has 2 aromatic rings. The number of benzene rings is 2. The summed E-state index contributed by atoms with van der Waals surface area (Å²) in [6, 6.07) is 5.77. The number of hydrogen-bond donors (Lipinski definition) is 4. The zero-order valence-electron chi connectivity index (χ0n) is 18.3. The van der Waals surface area contributed by atoms with E-state index in [2.05, 4.69) is 11.3 Å². The van der Waals surface area contributed by atoms with Gasteiger partial charge in [-0.3, -0.25) is 9.59 Å². The molecule has 0 saturated heterocycles. The highest BCUT2D eigenvalue weighted by molar-refractivity contribution is 6.03. The van der Waals surface area contributed by atoms with Crippen LogP contribution in [0.5, 0.6) is 28.7 Å². The Morgan fingerprint density at radius 1 is 1.18 bits per heavy atom. The quantitative estimate of drug-likeness (QED) is 0.347. The smallest absolute Gasteiger partial charge is 0.305 e. The second-order valence-corrected chi connectivity index (χ2v) is 7.72. The molecule has 0 fully saturated rings. The van der Waals surface area contributed by atoms with E-state index < -0.39 is 29.7 Å². The zero-order valence-corrected chi connectivity index (χ0v) is 18.3. The van der Waals surface area contributed by atoms with Crippen molar-refractivity contribution in [1.29, 1.82) is 0 Å². The number of carbonyl (C=O) groups excluding carboxylic acids is 2. The van der Waals surface area contributed by atoms with Crippen molar-refractivity contribution in [3.8, 4) is 28.7 Å². The van der Waals surface area contributed by atoms with Gasteiger partial charge in [0.1, 0.15) is 28.9 Å². The third-order valence-corrected chi connectivity index (χ3v) is 5.59. The summed E-state index contributed by atoms with van der Waals surface area (Å²) in [4.78, 5) is 24.2. The van der Waals surface area contributed by atoms with Crippen LogP contribution in [0.1, 0.15) is 46.9 Å². The van der Waals surface area contributed by atoms with E-state index in [1.54, 1.807) is 12.1 Å². The normalized spacial score (nSPS) is 15.8. The van der Waals surface area contributed by atoms with Crippen LogP contribution in [-0.2, 0) is 16.0 Å². The van der Waals surface area contributed by atoms with Gasteiger partial charge in [-0.25, -0.2) is 0 Å². The van der Waals surface area contributed by atoms with Crippen LogP contribution in [0, 0.1) is 0 Å². The van der Waals surface area contributed by atoms with Crippen molar-refractivity contribution >= 4 is 11.8 Å². The van der Waals surface area contributed by atoms with Crippen molar-refractivity contribution in [3.05, 3.63) is 53.1 Å². The number of esters is 1. The molecule has 9 heteroatoms. The number of hydrogen-bond acceptors (Lipinski definition) is 9. The van der Waals surface area contributed by atoms with Gasteiger partial charge in [-0.15, -0.1) is 0 Å².